The summed E-state index contributed by atoms with van der Waals surface area (Å²) < 4.78 is 0. The number of hydrogen-bond donors (Lipinski definition) is 0. The molecular weight excluding hydrogens is 172 g/mol. The molecule has 0 saturated heterocycles. The monoisotopic (exact) mass is 186 g/mol. The van der Waals surface area contributed by atoms with Gasteiger partial charge in [0.15, 0.2) is 0 Å². The third-order valence-electron chi connectivity index (χ3n) is 2.52. The lowest BCUT2D eigenvalue weighted by molar-refractivity contribution is 0.867. The van der Waals surface area contributed by atoms with Crippen LogP contribution < -0.4 is 0 Å². The predicted molar refractivity (Wildman–Crippen MR) is 58.4 cm³/mol. The summed E-state index contributed by atoms with van der Waals surface area (Å²) in [6, 6.07) is 6.32. The van der Waals surface area contributed by atoms with Gasteiger partial charge in [-0.15, -0.1) is 0 Å². The quantitative estimate of drug-likeness (QED) is 0.684. The SMILES string of the molecule is Cc1cnnc2c(C(C)C)cccc12. The van der Waals surface area contributed by atoms with Gasteiger partial charge in [-0.05, 0) is 24.0 Å². The zero-order valence-electron chi connectivity index (χ0n) is 8.78. The van der Waals surface area contributed by atoms with Crippen molar-refractivity contribution in [2.24, 2.45) is 0 Å². The van der Waals surface area contributed by atoms with E-state index < -0.39 is 0 Å². The first-order valence-electron chi connectivity index (χ1n) is 4.91. The summed E-state index contributed by atoms with van der Waals surface area (Å²) in [6.45, 7) is 6.43. The normalized spacial score (nSPS) is 11.1. The standard InChI is InChI=1S/C12H14N2/c1-8(2)10-5-4-6-11-9(3)7-13-14-12(10)11/h4-8H,1-3H3. The van der Waals surface area contributed by atoms with Crippen LogP contribution in [-0.4, -0.2) is 10.2 Å². The summed E-state index contributed by atoms with van der Waals surface area (Å²) in [4.78, 5) is 0. The van der Waals surface area contributed by atoms with Gasteiger partial charge in [0.2, 0.25) is 0 Å². The van der Waals surface area contributed by atoms with Crippen LogP contribution in [0.25, 0.3) is 10.9 Å². The fourth-order valence-electron chi connectivity index (χ4n) is 1.70. The van der Waals surface area contributed by atoms with E-state index in [1.54, 1.807) is 0 Å². The maximum absolute atomic E-state index is 4.21. The Balaban J connectivity index is 2.81. The van der Waals surface area contributed by atoms with Crippen molar-refractivity contribution in [2.75, 3.05) is 0 Å². The first kappa shape index (κ1) is 9.13. The summed E-state index contributed by atoms with van der Waals surface area (Å²) in [7, 11) is 0. The Morgan fingerprint density at radius 3 is 2.71 bits per heavy atom. The lowest BCUT2D eigenvalue weighted by Crippen LogP contribution is -1.94. The Bertz CT molecular complexity index is 461. The second-order valence-electron chi connectivity index (χ2n) is 3.93. The molecule has 1 heterocycles. The molecule has 14 heavy (non-hydrogen) atoms. The topological polar surface area (TPSA) is 25.8 Å². The second-order valence-corrected chi connectivity index (χ2v) is 3.93. The molecule has 2 heteroatoms. The molecule has 2 nitrogen and oxygen atoms in total. The molecule has 0 aliphatic carbocycles. The van der Waals surface area contributed by atoms with Crippen molar-refractivity contribution in [1.29, 1.82) is 0 Å². The first-order valence-corrected chi connectivity index (χ1v) is 4.91. The van der Waals surface area contributed by atoms with Gasteiger partial charge in [-0.3, -0.25) is 0 Å². The van der Waals surface area contributed by atoms with E-state index >= 15 is 0 Å². The van der Waals surface area contributed by atoms with Gasteiger partial charge in [-0.1, -0.05) is 32.0 Å². The fourth-order valence-corrected chi connectivity index (χ4v) is 1.70. The van der Waals surface area contributed by atoms with Crippen LogP contribution >= 0.6 is 0 Å². The molecule has 1 aromatic carbocycles. The number of nitrogens with zero attached hydrogens (tertiary/aromatic N) is 2. The van der Waals surface area contributed by atoms with Crippen LogP contribution in [0.2, 0.25) is 0 Å². The largest absolute Gasteiger partial charge is 0.158 e. The Morgan fingerprint density at radius 1 is 1.21 bits per heavy atom. The molecule has 0 amide bonds. The van der Waals surface area contributed by atoms with Gasteiger partial charge in [0.05, 0.1) is 11.7 Å². The molecule has 0 fully saturated rings. The van der Waals surface area contributed by atoms with Crippen molar-refractivity contribution in [2.45, 2.75) is 26.7 Å². The molecule has 0 atom stereocenters. The zero-order valence-corrected chi connectivity index (χ0v) is 8.78. The van der Waals surface area contributed by atoms with Crippen LogP contribution in [-0.2, 0) is 0 Å². The Morgan fingerprint density at radius 2 is 2.00 bits per heavy atom. The lowest BCUT2D eigenvalue weighted by atomic mass is 9.99. The molecule has 0 aliphatic rings. The van der Waals surface area contributed by atoms with Crippen molar-refractivity contribution in [1.82, 2.24) is 10.2 Å². The molecule has 1 aromatic heterocycles. The van der Waals surface area contributed by atoms with Crippen molar-refractivity contribution in [3.63, 3.8) is 0 Å². The number of fused-ring (bicyclic) bond motifs is 1. The van der Waals surface area contributed by atoms with Crippen molar-refractivity contribution < 1.29 is 0 Å². The fraction of sp³-hybridized carbons (Fsp3) is 0.333. The highest BCUT2D eigenvalue weighted by atomic mass is 15.1. The number of benzene rings is 1. The van der Waals surface area contributed by atoms with E-state index in [1.165, 1.54) is 16.5 Å². The van der Waals surface area contributed by atoms with Gasteiger partial charge in [-0.2, -0.15) is 10.2 Å². The van der Waals surface area contributed by atoms with E-state index in [4.69, 9.17) is 0 Å². The van der Waals surface area contributed by atoms with Crippen LogP contribution in [0.15, 0.2) is 24.4 Å². The van der Waals surface area contributed by atoms with Gasteiger partial charge in [-0.25, -0.2) is 0 Å². The molecule has 0 spiro atoms. The van der Waals surface area contributed by atoms with Gasteiger partial charge in [0, 0.05) is 5.39 Å². The van der Waals surface area contributed by atoms with E-state index in [-0.39, 0.29) is 0 Å². The summed E-state index contributed by atoms with van der Waals surface area (Å²) >= 11 is 0. The molecule has 2 aromatic rings. The minimum Gasteiger partial charge on any atom is -0.158 e. The Labute approximate surface area is 84.0 Å². The minimum absolute atomic E-state index is 0.495. The summed E-state index contributed by atoms with van der Waals surface area (Å²) in [5.74, 6) is 0.495. The summed E-state index contributed by atoms with van der Waals surface area (Å²) in [5.41, 5.74) is 3.51. The number of aromatic nitrogens is 2. The third kappa shape index (κ3) is 1.37. The molecule has 0 saturated carbocycles. The molecule has 0 N–H and O–H groups in total. The zero-order chi connectivity index (χ0) is 10.1. The van der Waals surface area contributed by atoms with E-state index in [0.717, 1.165) is 5.52 Å². The van der Waals surface area contributed by atoms with E-state index in [0.29, 0.717) is 5.92 Å². The first-order chi connectivity index (χ1) is 6.70. The Hall–Kier alpha value is -1.44. The predicted octanol–water partition coefficient (Wildman–Crippen LogP) is 3.06. The second kappa shape index (κ2) is 3.37. The van der Waals surface area contributed by atoms with E-state index in [1.807, 2.05) is 6.20 Å². The average molecular weight is 186 g/mol. The number of rotatable bonds is 1. The summed E-state index contributed by atoms with van der Waals surface area (Å²) in [5, 5.41) is 9.43. The molecule has 0 aliphatic heterocycles. The third-order valence-corrected chi connectivity index (χ3v) is 2.52. The van der Waals surface area contributed by atoms with Gasteiger partial charge >= 0.3 is 0 Å². The van der Waals surface area contributed by atoms with E-state index in [9.17, 15) is 0 Å². The molecule has 0 bridgehead atoms. The summed E-state index contributed by atoms with van der Waals surface area (Å²) in [6.07, 6.45) is 1.81. The lowest BCUT2D eigenvalue weighted by Gasteiger charge is -2.08. The number of aryl methyl sites for hydroxylation is 1. The maximum atomic E-state index is 4.21. The van der Waals surface area contributed by atoms with Crippen molar-refractivity contribution in [3.05, 3.63) is 35.5 Å². The van der Waals surface area contributed by atoms with Gasteiger partial charge in [0.25, 0.3) is 0 Å². The van der Waals surface area contributed by atoms with Crippen LogP contribution in [0, 0.1) is 6.92 Å². The van der Waals surface area contributed by atoms with Crippen LogP contribution in [0.5, 0.6) is 0 Å². The van der Waals surface area contributed by atoms with Crippen LogP contribution in [0.3, 0.4) is 0 Å². The maximum Gasteiger partial charge on any atom is 0.0966 e. The molecule has 2 rings (SSSR count). The van der Waals surface area contributed by atoms with Crippen molar-refractivity contribution >= 4 is 10.9 Å². The highest BCUT2D eigenvalue weighted by Gasteiger charge is 2.07. The smallest absolute Gasteiger partial charge is 0.0966 e. The molecule has 72 valence electrons. The van der Waals surface area contributed by atoms with Crippen LogP contribution in [0.1, 0.15) is 30.9 Å². The van der Waals surface area contributed by atoms with Gasteiger partial charge < -0.3 is 0 Å². The average Bonchev–Trinajstić information content (AvgIpc) is 2.17. The molecular formula is C12H14N2. The minimum atomic E-state index is 0.495. The van der Waals surface area contributed by atoms with Crippen molar-refractivity contribution in [3.8, 4) is 0 Å². The number of hydrogen-bond acceptors (Lipinski definition) is 2. The van der Waals surface area contributed by atoms with Gasteiger partial charge in [0.1, 0.15) is 0 Å². The highest BCUT2D eigenvalue weighted by Crippen LogP contribution is 2.24. The Kier molecular flexibility index (Phi) is 2.20. The highest BCUT2D eigenvalue weighted by molar-refractivity contribution is 5.84. The molecule has 0 radical (unpaired) electrons. The van der Waals surface area contributed by atoms with E-state index in [2.05, 4.69) is 49.2 Å². The van der Waals surface area contributed by atoms with Crippen LogP contribution in [0.4, 0.5) is 0 Å². The molecule has 0 unspecified atom stereocenters.